The molecule has 0 atom stereocenters. The minimum absolute atomic E-state index is 0.856. The number of nitrogens with two attached hydrogens (primary N) is 1. The third-order valence-corrected chi connectivity index (χ3v) is 3.48. The molecule has 0 unspecified atom stereocenters. The molecule has 1 aliphatic rings. The minimum Gasteiger partial charge on any atom is -0.399 e. The smallest absolute Gasteiger partial charge is 0.0539 e. The lowest BCUT2D eigenvalue weighted by atomic mass is 10.1. The van der Waals surface area contributed by atoms with Crippen LogP contribution >= 0.6 is 0 Å². The highest BCUT2D eigenvalue weighted by atomic mass is 15.3. The van der Waals surface area contributed by atoms with Crippen molar-refractivity contribution in [3.8, 4) is 0 Å². The lowest BCUT2D eigenvalue weighted by Crippen LogP contribution is -2.19. The molecular weight excluding hydrogens is 224 g/mol. The topological polar surface area (TPSA) is 47.1 Å². The van der Waals surface area contributed by atoms with Crippen molar-refractivity contribution in [2.24, 2.45) is 0 Å². The number of hydrogen-bond acceptors (Lipinski definition) is 3. The van der Waals surface area contributed by atoms with Crippen molar-refractivity contribution in [3.05, 3.63) is 41.7 Å². The summed E-state index contributed by atoms with van der Waals surface area (Å²) < 4.78 is 1.97. The van der Waals surface area contributed by atoms with Gasteiger partial charge in [0.15, 0.2) is 0 Å². The van der Waals surface area contributed by atoms with Crippen LogP contribution in [0.1, 0.15) is 18.1 Å². The van der Waals surface area contributed by atoms with Crippen LogP contribution in [0.3, 0.4) is 0 Å². The first-order valence-corrected chi connectivity index (χ1v) is 6.41. The Morgan fingerprint density at radius 1 is 1.39 bits per heavy atom. The van der Waals surface area contributed by atoms with Crippen LogP contribution in [-0.4, -0.2) is 16.3 Å². The van der Waals surface area contributed by atoms with Crippen molar-refractivity contribution >= 4 is 11.4 Å². The molecule has 0 fully saturated rings. The molecule has 4 heteroatoms. The van der Waals surface area contributed by atoms with Gasteiger partial charge in [0.25, 0.3) is 0 Å². The standard InChI is InChI=1S/C14H18N4/c1-2-18-10-11(8-16-18)9-17-6-5-12-7-13(15)3-4-14(12)17/h3-4,7-8,10H,2,5-6,9,15H2,1H3. The van der Waals surface area contributed by atoms with Gasteiger partial charge in [0.05, 0.1) is 6.20 Å². The highest BCUT2D eigenvalue weighted by Gasteiger charge is 2.19. The van der Waals surface area contributed by atoms with E-state index >= 15 is 0 Å². The number of hydrogen-bond donors (Lipinski definition) is 1. The number of aromatic nitrogens is 2. The van der Waals surface area contributed by atoms with Gasteiger partial charge in [-0.25, -0.2) is 0 Å². The summed E-state index contributed by atoms with van der Waals surface area (Å²) in [6, 6.07) is 6.19. The molecule has 0 spiro atoms. The van der Waals surface area contributed by atoms with Crippen molar-refractivity contribution in [3.63, 3.8) is 0 Å². The zero-order chi connectivity index (χ0) is 12.5. The Kier molecular flexibility index (Phi) is 2.70. The maximum atomic E-state index is 5.82. The largest absolute Gasteiger partial charge is 0.399 e. The fraction of sp³-hybridized carbons (Fsp3) is 0.357. The van der Waals surface area contributed by atoms with Crippen LogP contribution in [-0.2, 0) is 19.5 Å². The van der Waals surface area contributed by atoms with E-state index in [-0.39, 0.29) is 0 Å². The number of rotatable bonds is 3. The summed E-state index contributed by atoms with van der Waals surface area (Å²) in [7, 11) is 0. The summed E-state index contributed by atoms with van der Waals surface area (Å²) >= 11 is 0. The molecule has 0 saturated heterocycles. The van der Waals surface area contributed by atoms with E-state index in [9.17, 15) is 0 Å². The van der Waals surface area contributed by atoms with E-state index in [1.165, 1.54) is 16.8 Å². The van der Waals surface area contributed by atoms with Gasteiger partial charge in [0.1, 0.15) is 0 Å². The van der Waals surface area contributed by atoms with E-state index in [0.717, 1.165) is 31.7 Å². The second-order valence-electron chi connectivity index (χ2n) is 4.76. The molecule has 2 aromatic rings. The Balaban J connectivity index is 1.80. The quantitative estimate of drug-likeness (QED) is 0.838. The molecule has 0 aliphatic carbocycles. The Morgan fingerprint density at radius 3 is 3.06 bits per heavy atom. The summed E-state index contributed by atoms with van der Waals surface area (Å²) in [5.41, 5.74) is 10.6. The average molecular weight is 242 g/mol. The van der Waals surface area contributed by atoms with Gasteiger partial charge in [-0.05, 0) is 37.1 Å². The number of nitrogens with zero attached hydrogens (tertiary/aromatic N) is 3. The van der Waals surface area contributed by atoms with Gasteiger partial charge < -0.3 is 10.6 Å². The molecule has 2 N–H and O–H groups in total. The maximum absolute atomic E-state index is 5.82. The first kappa shape index (κ1) is 11.1. The Bertz CT molecular complexity index is 559. The van der Waals surface area contributed by atoms with Crippen LogP contribution in [0.2, 0.25) is 0 Å². The summed E-state index contributed by atoms with van der Waals surface area (Å²) in [6.07, 6.45) is 5.16. The number of benzene rings is 1. The molecule has 1 aromatic heterocycles. The summed E-state index contributed by atoms with van der Waals surface area (Å²) in [5.74, 6) is 0. The lowest BCUT2D eigenvalue weighted by molar-refractivity contribution is 0.659. The highest BCUT2D eigenvalue weighted by molar-refractivity contribution is 5.63. The second-order valence-corrected chi connectivity index (χ2v) is 4.76. The number of anilines is 2. The maximum Gasteiger partial charge on any atom is 0.0539 e. The van der Waals surface area contributed by atoms with E-state index in [1.54, 1.807) is 0 Å². The molecule has 2 heterocycles. The minimum atomic E-state index is 0.856. The number of nitrogen functional groups attached to an aromatic ring is 1. The van der Waals surface area contributed by atoms with Crippen molar-refractivity contribution in [2.75, 3.05) is 17.2 Å². The molecular formula is C14H18N4. The van der Waals surface area contributed by atoms with Crippen LogP contribution in [0.15, 0.2) is 30.6 Å². The predicted molar refractivity (Wildman–Crippen MR) is 73.5 cm³/mol. The predicted octanol–water partition coefficient (Wildman–Crippen LogP) is 2.05. The van der Waals surface area contributed by atoms with E-state index < -0.39 is 0 Å². The molecule has 0 bridgehead atoms. The van der Waals surface area contributed by atoms with E-state index in [2.05, 4.69) is 35.3 Å². The molecule has 0 radical (unpaired) electrons. The molecule has 1 aliphatic heterocycles. The zero-order valence-corrected chi connectivity index (χ0v) is 10.6. The first-order valence-electron chi connectivity index (χ1n) is 6.41. The Hall–Kier alpha value is -1.97. The van der Waals surface area contributed by atoms with Gasteiger partial charge in [-0.1, -0.05) is 0 Å². The van der Waals surface area contributed by atoms with Crippen molar-refractivity contribution in [2.45, 2.75) is 26.4 Å². The monoisotopic (exact) mass is 242 g/mol. The van der Waals surface area contributed by atoms with Crippen molar-refractivity contribution in [1.29, 1.82) is 0 Å². The summed E-state index contributed by atoms with van der Waals surface area (Å²) in [6.45, 7) is 5.02. The molecule has 18 heavy (non-hydrogen) atoms. The van der Waals surface area contributed by atoms with Crippen LogP contribution in [0.25, 0.3) is 0 Å². The molecule has 94 valence electrons. The van der Waals surface area contributed by atoms with Crippen molar-refractivity contribution in [1.82, 2.24) is 9.78 Å². The Labute approximate surface area is 107 Å². The van der Waals surface area contributed by atoms with Crippen LogP contribution < -0.4 is 10.6 Å². The van der Waals surface area contributed by atoms with Gasteiger partial charge in [-0.15, -0.1) is 0 Å². The number of aryl methyl sites for hydroxylation is 1. The van der Waals surface area contributed by atoms with Gasteiger partial charge in [-0.2, -0.15) is 5.10 Å². The van der Waals surface area contributed by atoms with E-state index in [4.69, 9.17) is 5.73 Å². The second kappa shape index (κ2) is 4.37. The first-order chi connectivity index (χ1) is 8.76. The number of fused-ring (bicyclic) bond motifs is 1. The molecule has 1 aromatic carbocycles. The molecule has 0 amide bonds. The van der Waals surface area contributed by atoms with Crippen LogP contribution in [0, 0.1) is 0 Å². The lowest BCUT2D eigenvalue weighted by Gasteiger charge is -2.18. The normalized spacial score (nSPS) is 13.9. The third kappa shape index (κ3) is 1.94. The zero-order valence-electron chi connectivity index (χ0n) is 10.6. The van der Waals surface area contributed by atoms with Crippen LogP contribution in [0.5, 0.6) is 0 Å². The molecule has 4 nitrogen and oxygen atoms in total. The molecule has 3 rings (SSSR count). The Morgan fingerprint density at radius 2 is 2.28 bits per heavy atom. The average Bonchev–Trinajstić information content (AvgIpc) is 2.97. The van der Waals surface area contributed by atoms with Crippen LogP contribution in [0.4, 0.5) is 11.4 Å². The fourth-order valence-corrected chi connectivity index (χ4v) is 2.54. The van der Waals surface area contributed by atoms with E-state index in [0.29, 0.717) is 0 Å². The SMILES string of the molecule is CCn1cc(CN2CCc3cc(N)ccc32)cn1. The van der Waals surface area contributed by atoms with Crippen molar-refractivity contribution < 1.29 is 0 Å². The summed E-state index contributed by atoms with van der Waals surface area (Å²) in [4.78, 5) is 2.39. The van der Waals surface area contributed by atoms with Gasteiger partial charge in [0.2, 0.25) is 0 Å². The van der Waals surface area contributed by atoms with Gasteiger partial charge >= 0.3 is 0 Å². The summed E-state index contributed by atoms with van der Waals surface area (Å²) in [5, 5.41) is 4.32. The van der Waals surface area contributed by atoms with Gasteiger partial charge in [0, 0.05) is 42.8 Å². The van der Waals surface area contributed by atoms with Gasteiger partial charge in [-0.3, -0.25) is 4.68 Å². The highest BCUT2D eigenvalue weighted by Crippen LogP contribution is 2.30. The third-order valence-electron chi connectivity index (χ3n) is 3.48. The molecule has 0 saturated carbocycles. The fourth-order valence-electron chi connectivity index (χ4n) is 2.54. The van der Waals surface area contributed by atoms with E-state index in [1.807, 2.05) is 16.9 Å².